The number of nitrogens with one attached hydrogen (secondary N) is 1. The van der Waals surface area contributed by atoms with E-state index in [1.54, 1.807) is 19.1 Å². The van der Waals surface area contributed by atoms with Crippen LogP contribution in [0.3, 0.4) is 0 Å². The fourth-order valence-electron chi connectivity index (χ4n) is 3.73. The van der Waals surface area contributed by atoms with Crippen molar-refractivity contribution in [3.63, 3.8) is 0 Å². The number of nitrogens with zero attached hydrogens (tertiary/aromatic N) is 1. The zero-order valence-corrected chi connectivity index (χ0v) is 17.5. The van der Waals surface area contributed by atoms with E-state index in [1.807, 2.05) is 26.0 Å². The molecular formula is C24H30N2O3. The molecule has 0 radical (unpaired) electrons. The van der Waals surface area contributed by atoms with Gasteiger partial charge in [-0.3, -0.25) is 4.79 Å². The van der Waals surface area contributed by atoms with Crippen molar-refractivity contribution in [3.8, 4) is 5.69 Å². The van der Waals surface area contributed by atoms with Crippen LogP contribution < -0.4 is 5.32 Å². The van der Waals surface area contributed by atoms with Crippen molar-refractivity contribution < 1.29 is 14.3 Å². The van der Waals surface area contributed by atoms with E-state index in [2.05, 4.69) is 28.1 Å². The molecule has 1 aliphatic carbocycles. The number of aryl methyl sites for hydroxylation is 2. The van der Waals surface area contributed by atoms with E-state index in [1.165, 1.54) is 18.4 Å². The second-order valence-electron chi connectivity index (χ2n) is 7.70. The molecule has 0 bridgehead atoms. The van der Waals surface area contributed by atoms with Gasteiger partial charge in [-0.1, -0.05) is 11.6 Å². The predicted molar refractivity (Wildman–Crippen MR) is 114 cm³/mol. The Morgan fingerprint density at radius 1 is 1.07 bits per heavy atom. The van der Waals surface area contributed by atoms with Crippen LogP contribution in [-0.4, -0.2) is 29.1 Å². The largest absolute Gasteiger partial charge is 0.449 e. The van der Waals surface area contributed by atoms with Gasteiger partial charge < -0.3 is 14.6 Å². The Bertz CT molecular complexity index is 874. The minimum atomic E-state index is -0.823. The van der Waals surface area contributed by atoms with Gasteiger partial charge in [0.1, 0.15) is 0 Å². The summed E-state index contributed by atoms with van der Waals surface area (Å²) < 4.78 is 7.46. The fourth-order valence-corrected chi connectivity index (χ4v) is 3.73. The highest BCUT2D eigenvalue weighted by Gasteiger charge is 2.19. The number of esters is 1. The highest BCUT2D eigenvalue weighted by molar-refractivity contribution is 5.92. The number of carbonyl (C=O) groups excluding carboxylic acids is 2. The molecule has 1 aliphatic rings. The van der Waals surface area contributed by atoms with Crippen LogP contribution in [-0.2, 0) is 9.53 Å². The Kier molecular flexibility index (Phi) is 6.91. The molecule has 2 aromatic rings. The monoisotopic (exact) mass is 394 g/mol. The lowest BCUT2D eigenvalue weighted by Gasteiger charge is -2.16. The lowest BCUT2D eigenvalue weighted by atomic mass is 9.97. The highest BCUT2D eigenvalue weighted by Crippen LogP contribution is 2.20. The summed E-state index contributed by atoms with van der Waals surface area (Å²) in [5.41, 5.74) is 5.10. The molecule has 1 N–H and O–H groups in total. The number of rotatable bonds is 7. The van der Waals surface area contributed by atoms with Gasteiger partial charge in [0.15, 0.2) is 6.10 Å². The van der Waals surface area contributed by atoms with Crippen LogP contribution in [0.25, 0.3) is 5.69 Å². The molecule has 1 amide bonds. The number of ether oxygens (including phenoxy) is 1. The fraction of sp³-hybridized carbons (Fsp3) is 0.417. The Hall–Kier alpha value is -2.82. The topological polar surface area (TPSA) is 60.3 Å². The first kappa shape index (κ1) is 20.9. The molecule has 0 fully saturated rings. The summed E-state index contributed by atoms with van der Waals surface area (Å²) in [4.78, 5) is 24.6. The van der Waals surface area contributed by atoms with Crippen LogP contribution in [0, 0.1) is 13.8 Å². The van der Waals surface area contributed by atoms with Gasteiger partial charge >= 0.3 is 5.97 Å². The average Bonchev–Trinajstić information content (AvgIpc) is 3.06. The molecule has 5 nitrogen and oxygen atoms in total. The third-order valence-electron chi connectivity index (χ3n) is 5.42. The smallest absolute Gasteiger partial charge is 0.338 e. The molecule has 5 heteroatoms. The quantitative estimate of drug-likeness (QED) is 0.549. The second-order valence-corrected chi connectivity index (χ2v) is 7.70. The lowest BCUT2D eigenvalue weighted by Crippen LogP contribution is -2.36. The SMILES string of the molecule is Cc1ccc(C)n1-c1ccc(C(=O)O[C@H](C)C(=O)NCCC2=CCCCC2)cc1. The molecule has 1 atom stereocenters. The molecule has 1 aromatic heterocycles. The van der Waals surface area contributed by atoms with Gasteiger partial charge in [0, 0.05) is 23.6 Å². The Morgan fingerprint density at radius 2 is 1.76 bits per heavy atom. The highest BCUT2D eigenvalue weighted by atomic mass is 16.5. The van der Waals surface area contributed by atoms with Crippen LogP contribution in [0.1, 0.15) is 60.8 Å². The summed E-state index contributed by atoms with van der Waals surface area (Å²) in [5.74, 6) is -0.750. The van der Waals surface area contributed by atoms with Crippen molar-refractivity contribution >= 4 is 11.9 Å². The predicted octanol–water partition coefficient (Wildman–Crippen LogP) is 4.65. The van der Waals surface area contributed by atoms with E-state index in [4.69, 9.17) is 4.74 Å². The second kappa shape index (κ2) is 9.59. The van der Waals surface area contributed by atoms with E-state index in [0.29, 0.717) is 12.1 Å². The molecule has 1 aromatic carbocycles. The molecule has 0 unspecified atom stereocenters. The molecule has 1 heterocycles. The first-order valence-corrected chi connectivity index (χ1v) is 10.4. The Labute approximate surface area is 172 Å². The number of benzene rings is 1. The molecule has 29 heavy (non-hydrogen) atoms. The Balaban J connectivity index is 1.51. The van der Waals surface area contributed by atoms with E-state index in [0.717, 1.165) is 36.3 Å². The first-order valence-electron chi connectivity index (χ1n) is 10.4. The molecule has 3 rings (SSSR count). The standard InChI is InChI=1S/C24H30N2O3/c1-17-9-10-18(2)26(17)22-13-11-21(12-14-22)24(28)29-19(3)23(27)25-16-15-20-7-5-4-6-8-20/h7,9-14,19H,4-6,8,15-16H2,1-3H3,(H,25,27)/t19-/m1/s1. The maximum Gasteiger partial charge on any atom is 0.338 e. The third-order valence-corrected chi connectivity index (χ3v) is 5.42. The van der Waals surface area contributed by atoms with Crippen LogP contribution in [0.15, 0.2) is 48.0 Å². The summed E-state index contributed by atoms with van der Waals surface area (Å²) >= 11 is 0. The van der Waals surface area contributed by atoms with Crippen molar-refractivity contribution in [2.24, 2.45) is 0 Å². The van der Waals surface area contributed by atoms with Gasteiger partial charge in [0.2, 0.25) is 0 Å². The molecule has 0 aliphatic heterocycles. The van der Waals surface area contributed by atoms with Gasteiger partial charge in [-0.15, -0.1) is 0 Å². The Morgan fingerprint density at radius 3 is 2.38 bits per heavy atom. The van der Waals surface area contributed by atoms with Gasteiger partial charge in [-0.25, -0.2) is 4.79 Å². The van der Waals surface area contributed by atoms with Crippen molar-refractivity contribution in [2.75, 3.05) is 6.54 Å². The number of aromatic nitrogens is 1. The van der Waals surface area contributed by atoms with E-state index in [-0.39, 0.29) is 5.91 Å². The van der Waals surface area contributed by atoms with Crippen molar-refractivity contribution in [3.05, 3.63) is 65.0 Å². The zero-order chi connectivity index (χ0) is 20.8. The van der Waals surface area contributed by atoms with E-state index in [9.17, 15) is 9.59 Å². The van der Waals surface area contributed by atoms with Gasteiger partial charge in [-0.05, 0) is 89.3 Å². The maximum absolute atomic E-state index is 12.4. The molecule has 0 saturated heterocycles. The van der Waals surface area contributed by atoms with E-state index < -0.39 is 12.1 Å². The summed E-state index contributed by atoms with van der Waals surface area (Å²) in [6, 6.07) is 11.4. The lowest BCUT2D eigenvalue weighted by molar-refractivity contribution is -0.129. The molecule has 0 spiro atoms. The number of amides is 1. The number of carbonyl (C=O) groups is 2. The minimum Gasteiger partial charge on any atom is -0.449 e. The number of hydrogen-bond acceptors (Lipinski definition) is 3. The van der Waals surface area contributed by atoms with Crippen LogP contribution in [0.4, 0.5) is 0 Å². The van der Waals surface area contributed by atoms with Gasteiger partial charge in [0.05, 0.1) is 5.56 Å². The summed E-state index contributed by atoms with van der Waals surface area (Å²) in [5, 5.41) is 2.87. The molecule has 0 saturated carbocycles. The van der Waals surface area contributed by atoms with Crippen LogP contribution in [0.2, 0.25) is 0 Å². The molecular weight excluding hydrogens is 364 g/mol. The van der Waals surface area contributed by atoms with Crippen LogP contribution in [0.5, 0.6) is 0 Å². The van der Waals surface area contributed by atoms with Crippen LogP contribution >= 0.6 is 0 Å². The zero-order valence-electron chi connectivity index (χ0n) is 17.5. The van der Waals surface area contributed by atoms with Crippen molar-refractivity contribution in [1.29, 1.82) is 0 Å². The van der Waals surface area contributed by atoms with Gasteiger partial charge in [-0.2, -0.15) is 0 Å². The number of allylic oxidation sites excluding steroid dienone is 1. The summed E-state index contributed by atoms with van der Waals surface area (Å²) in [6.45, 7) is 6.27. The average molecular weight is 395 g/mol. The first-order chi connectivity index (χ1) is 14.0. The third kappa shape index (κ3) is 5.37. The minimum absolute atomic E-state index is 0.259. The number of hydrogen-bond donors (Lipinski definition) is 1. The van der Waals surface area contributed by atoms with Crippen molar-refractivity contribution in [1.82, 2.24) is 9.88 Å². The molecule has 154 valence electrons. The van der Waals surface area contributed by atoms with E-state index >= 15 is 0 Å². The van der Waals surface area contributed by atoms with Gasteiger partial charge in [0.25, 0.3) is 5.91 Å². The normalized spacial score (nSPS) is 14.8. The summed E-state index contributed by atoms with van der Waals surface area (Å²) in [6.07, 6.45) is 7.07. The maximum atomic E-state index is 12.4. The van der Waals surface area contributed by atoms with Crippen molar-refractivity contribution in [2.45, 2.75) is 59.0 Å². The summed E-state index contributed by atoms with van der Waals surface area (Å²) in [7, 11) is 0.